The maximum absolute atomic E-state index is 3.56. The Labute approximate surface area is 112 Å². The molecule has 0 aromatic heterocycles. The fourth-order valence-corrected chi connectivity index (χ4v) is 2.01. The molecule has 0 bridgehead atoms. The molecule has 1 rings (SSSR count). The maximum Gasteiger partial charge on any atom is 0.0342 e. The van der Waals surface area contributed by atoms with Crippen molar-refractivity contribution >= 4 is 5.69 Å². The summed E-state index contributed by atoms with van der Waals surface area (Å²) in [6.07, 6.45) is 2.52. The summed E-state index contributed by atoms with van der Waals surface area (Å²) in [6, 6.07) is 9.33. The van der Waals surface area contributed by atoms with Crippen molar-refractivity contribution in [1.82, 2.24) is 4.90 Å². The average molecular weight is 248 g/mol. The zero-order valence-electron chi connectivity index (χ0n) is 12.5. The molecule has 1 N–H and O–H groups in total. The van der Waals surface area contributed by atoms with E-state index < -0.39 is 0 Å². The molecule has 0 spiro atoms. The van der Waals surface area contributed by atoms with Crippen molar-refractivity contribution in [3.05, 3.63) is 29.8 Å². The van der Waals surface area contributed by atoms with E-state index in [0.717, 1.165) is 12.5 Å². The largest absolute Gasteiger partial charge is 0.383 e. The van der Waals surface area contributed by atoms with Crippen molar-refractivity contribution in [1.29, 1.82) is 0 Å². The van der Waals surface area contributed by atoms with Crippen LogP contribution in [-0.2, 0) is 6.54 Å². The van der Waals surface area contributed by atoms with Gasteiger partial charge in [0, 0.05) is 18.3 Å². The smallest absolute Gasteiger partial charge is 0.0342 e. The van der Waals surface area contributed by atoms with Crippen molar-refractivity contribution in [3.8, 4) is 0 Å². The number of nitrogens with one attached hydrogen (secondary N) is 1. The van der Waals surface area contributed by atoms with Gasteiger partial charge < -0.3 is 10.2 Å². The number of rotatable bonds is 7. The van der Waals surface area contributed by atoms with Gasteiger partial charge in [0.1, 0.15) is 0 Å². The van der Waals surface area contributed by atoms with E-state index in [1.54, 1.807) is 0 Å². The van der Waals surface area contributed by atoms with Crippen molar-refractivity contribution in [2.24, 2.45) is 5.92 Å². The summed E-state index contributed by atoms with van der Waals surface area (Å²) in [6.45, 7) is 7.82. The van der Waals surface area contributed by atoms with Crippen LogP contribution >= 0.6 is 0 Å². The zero-order chi connectivity index (χ0) is 13.5. The van der Waals surface area contributed by atoms with Crippen LogP contribution < -0.4 is 5.32 Å². The molecule has 2 nitrogen and oxygen atoms in total. The van der Waals surface area contributed by atoms with Crippen molar-refractivity contribution in [2.75, 3.05) is 19.4 Å². The first-order chi connectivity index (χ1) is 8.47. The lowest BCUT2D eigenvalue weighted by Crippen LogP contribution is -2.16. The SMILES string of the molecule is CC(C)CCC(C)Nc1ccc(CN(C)C)cc1. The predicted molar refractivity (Wildman–Crippen MR) is 81.0 cm³/mol. The van der Waals surface area contributed by atoms with Crippen LogP contribution in [0.25, 0.3) is 0 Å². The molecule has 102 valence electrons. The highest BCUT2D eigenvalue weighted by Gasteiger charge is 2.04. The van der Waals surface area contributed by atoms with Crippen LogP contribution in [0.15, 0.2) is 24.3 Å². The molecule has 0 radical (unpaired) electrons. The highest BCUT2D eigenvalue weighted by atomic mass is 15.0. The summed E-state index contributed by atoms with van der Waals surface area (Å²) < 4.78 is 0. The highest BCUT2D eigenvalue weighted by Crippen LogP contribution is 2.14. The molecule has 1 aromatic rings. The van der Waals surface area contributed by atoms with Crippen molar-refractivity contribution < 1.29 is 0 Å². The van der Waals surface area contributed by atoms with E-state index >= 15 is 0 Å². The lowest BCUT2D eigenvalue weighted by molar-refractivity contribution is 0.402. The van der Waals surface area contributed by atoms with Gasteiger partial charge in [-0.15, -0.1) is 0 Å². The monoisotopic (exact) mass is 248 g/mol. The van der Waals surface area contributed by atoms with Gasteiger partial charge in [0.05, 0.1) is 0 Å². The van der Waals surface area contributed by atoms with Gasteiger partial charge in [0.15, 0.2) is 0 Å². The fraction of sp³-hybridized carbons (Fsp3) is 0.625. The second kappa shape index (κ2) is 7.42. The van der Waals surface area contributed by atoms with E-state index in [1.807, 2.05) is 0 Å². The standard InChI is InChI=1S/C16H28N2/c1-13(2)6-7-14(3)17-16-10-8-15(9-11-16)12-18(4)5/h8-11,13-14,17H,6-7,12H2,1-5H3. The first-order valence-corrected chi connectivity index (χ1v) is 6.97. The summed E-state index contributed by atoms with van der Waals surface area (Å²) in [5, 5.41) is 3.56. The molecule has 1 unspecified atom stereocenters. The Kier molecular flexibility index (Phi) is 6.20. The van der Waals surface area contributed by atoms with Crippen LogP contribution in [0.3, 0.4) is 0 Å². The van der Waals surface area contributed by atoms with Gasteiger partial charge >= 0.3 is 0 Å². The molecule has 0 amide bonds. The third kappa shape index (κ3) is 6.06. The van der Waals surface area contributed by atoms with Crippen LogP contribution in [0, 0.1) is 5.92 Å². The molecule has 0 aliphatic carbocycles. The van der Waals surface area contributed by atoms with Gasteiger partial charge in [-0.05, 0) is 57.5 Å². The molecule has 18 heavy (non-hydrogen) atoms. The molecule has 0 saturated heterocycles. The van der Waals surface area contributed by atoms with Crippen LogP contribution in [0.2, 0.25) is 0 Å². The van der Waals surface area contributed by atoms with E-state index in [1.165, 1.54) is 24.1 Å². The third-order valence-electron chi connectivity index (χ3n) is 3.04. The summed E-state index contributed by atoms with van der Waals surface area (Å²) >= 11 is 0. The normalized spacial score (nSPS) is 13.1. The number of benzene rings is 1. The van der Waals surface area contributed by atoms with Gasteiger partial charge in [-0.2, -0.15) is 0 Å². The minimum Gasteiger partial charge on any atom is -0.383 e. The average Bonchev–Trinajstić information content (AvgIpc) is 2.28. The molecule has 0 fully saturated rings. The molecule has 1 aromatic carbocycles. The second-order valence-electron chi connectivity index (χ2n) is 5.95. The molecule has 2 heteroatoms. The Bertz CT molecular complexity index is 327. The lowest BCUT2D eigenvalue weighted by Gasteiger charge is -2.17. The Balaban J connectivity index is 2.42. The Morgan fingerprint density at radius 1 is 1.00 bits per heavy atom. The number of anilines is 1. The molecular formula is C16H28N2. The van der Waals surface area contributed by atoms with Crippen LogP contribution in [0.5, 0.6) is 0 Å². The van der Waals surface area contributed by atoms with Gasteiger partial charge in [-0.1, -0.05) is 26.0 Å². The minimum atomic E-state index is 0.548. The lowest BCUT2D eigenvalue weighted by atomic mass is 10.0. The Morgan fingerprint density at radius 2 is 1.61 bits per heavy atom. The van der Waals surface area contributed by atoms with E-state index in [4.69, 9.17) is 0 Å². The molecule has 0 saturated carbocycles. The van der Waals surface area contributed by atoms with E-state index in [0.29, 0.717) is 6.04 Å². The van der Waals surface area contributed by atoms with Crippen LogP contribution in [0.4, 0.5) is 5.69 Å². The molecule has 1 atom stereocenters. The summed E-state index contributed by atoms with van der Waals surface area (Å²) in [5.41, 5.74) is 2.59. The van der Waals surface area contributed by atoms with E-state index in [-0.39, 0.29) is 0 Å². The maximum atomic E-state index is 3.56. The highest BCUT2D eigenvalue weighted by molar-refractivity contribution is 5.45. The van der Waals surface area contributed by atoms with Gasteiger partial charge in [0.25, 0.3) is 0 Å². The Hall–Kier alpha value is -1.02. The summed E-state index contributed by atoms with van der Waals surface area (Å²) in [5.74, 6) is 0.789. The first-order valence-electron chi connectivity index (χ1n) is 6.97. The fourth-order valence-electron chi connectivity index (χ4n) is 2.01. The van der Waals surface area contributed by atoms with E-state index in [9.17, 15) is 0 Å². The number of hydrogen-bond acceptors (Lipinski definition) is 2. The number of nitrogens with zero attached hydrogens (tertiary/aromatic N) is 1. The van der Waals surface area contributed by atoms with Gasteiger partial charge in [-0.25, -0.2) is 0 Å². The first kappa shape index (κ1) is 15.0. The topological polar surface area (TPSA) is 15.3 Å². The van der Waals surface area contributed by atoms with Gasteiger partial charge in [0.2, 0.25) is 0 Å². The van der Waals surface area contributed by atoms with Gasteiger partial charge in [-0.3, -0.25) is 0 Å². The zero-order valence-corrected chi connectivity index (χ0v) is 12.5. The molecular weight excluding hydrogens is 220 g/mol. The molecule has 0 aliphatic rings. The van der Waals surface area contributed by atoms with E-state index in [2.05, 4.69) is 69.3 Å². The van der Waals surface area contributed by atoms with Crippen molar-refractivity contribution in [3.63, 3.8) is 0 Å². The summed E-state index contributed by atoms with van der Waals surface area (Å²) in [4.78, 5) is 2.19. The van der Waals surface area contributed by atoms with Crippen LogP contribution in [-0.4, -0.2) is 25.0 Å². The predicted octanol–water partition coefficient (Wildman–Crippen LogP) is 3.98. The van der Waals surface area contributed by atoms with Crippen LogP contribution in [0.1, 0.15) is 39.2 Å². The van der Waals surface area contributed by atoms with Crippen molar-refractivity contribution in [2.45, 2.75) is 46.2 Å². The third-order valence-corrected chi connectivity index (χ3v) is 3.04. The second-order valence-corrected chi connectivity index (χ2v) is 5.95. The minimum absolute atomic E-state index is 0.548. The molecule has 0 aliphatic heterocycles. The quantitative estimate of drug-likeness (QED) is 0.785. The Morgan fingerprint density at radius 3 is 2.11 bits per heavy atom. The summed E-state index contributed by atoms with van der Waals surface area (Å²) in [7, 11) is 4.19. The number of hydrogen-bond donors (Lipinski definition) is 1. The molecule has 0 heterocycles.